The topological polar surface area (TPSA) is 75.2 Å². The first-order chi connectivity index (χ1) is 15.6. The van der Waals surface area contributed by atoms with E-state index in [1.165, 1.54) is 29.3 Å². The molecule has 3 aromatic rings. The number of fused-ring (bicyclic) bond motifs is 1. The molecule has 1 unspecified atom stereocenters. The van der Waals surface area contributed by atoms with Gasteiger partial charge >= 0.3 is 0 Å². The molecule has 2 aromatic carbocycles. The second kappa shape index (κ2) is 8.74. The zero-order valence-electron chi connectivity index (χ0n) is 17.9. The first-order valence-electron chi connectivity index (χ1n) is 10.9. The van der Waals surface area contributed by atoms with Crippen LogP contribution < -0.4 is 10.2 Å². The Hall–Kier alpha value is -3.19. The standard InChI is InChI=1S/C25H24N4O2S/c1-16-12-21(32-25-26-10-3-11-27-25)8-9-22(16)28-24(31)19-14-23(30)29(15-19)20-7-6-17-4-2-5-18(17)13-20/h3,6-13,19H,2,4-5,14-15H2,1H3,(H,28,31). The molecule has 1 fully saturated rings. The number of benzene rings is 2. The Kier molecular flexibility index (Phi) is 5.66. The summed E-state index contributed by atoms with van der Waals surface area (Å²) in [6.45, 7) is 2.38. The summed E-state index contributed by atoms with van der Waals surface area (Å²) < 4.78 is 0. The van der Waals surface area contributed by atoms with Gasteiger partial charge in [-0.05, 0) is 91.0 Å². The van der Waals surface area contributed by atoms with Gasteiger partial charge in [-0.1, -0.05) is 6.07 Å². The van der Waals surface area contributed by atoms with Gasteiger partial charge in [0.1, 0.15) is 0 Å². The van der Waals surface area contributed by atoms with E-state index >= 15 is 0 Å². The number of nitrogens with zero attached hydrogens (tertiary/aromatic N) is 3. The highest BCUT2D eigenvalue weighted by molar-refractivity contribution is 7.99. The molecule has 1 aliphatic carbocycles. The lowest BCUT2D eigenvalue weighted by molar-refractivity contribution is -0.122. The first kappa shape index (κ1) is 20.7. The largest absolute Gasteiger partial charge is 0.326 e. The van der Waals surface area contributed by atoms with Gasteiger partial charge in [-0.3, -0.25) is 9.59 Å². The summed E-state index contributed by atoms with van der Waals surface area (Å²) in [4.78, 5) is 36.8. The summed E-state index contributed by atoms with van der Waals surface area (Å²) in [5, 5.41) is 3.70. The number of amides is 2. The van der Waals surface area contributed by atoms with Crippen LogP contribution in [0.2, 0.25) is 0 Å². The minimum Gasteiger partial charge on any atom is -0.326 e. The van der Waals surface area contributed by atoms with Crippen molar-refractivity contribution in [2.24, 2.45) is 5.92 Å². The van der Waals surface area contributed by atoms with E-state index in [2.05, 4.69) is 27.4 Å². The number of carbonyl (C=O) groups excluding carboxylic acids is 2. The van der Waals surface area contributed by atoms with Crippen molar-refractivity contribution in [3.63, 3.8) is 0 Å². The molecule has 1 aliphatic heterocycles. The van der Waals surface area contributed by atoms with Gasteiger partial charge in [0, 0.05) is 41.6 Å². The smallest absolute Gasteiger partial charge is 0.229 e. The zero-order chi connectivity index (χ0) is 22.1. The van der Waals surface area contributed by atoms with E-state index in [1.807, 2.05) is 31.2 Å². The summed E-state index contributed by atoms with van der Waals surface area (Å²) in [6, 6.07) is 13.9. The second-order valence-corrected chi connectivity index (χ2v) is 9.35. The summed E-state index contributed by atoms with van der Waals surface area (Å²) in [5.41, 5.74) is 5.34. The summed E-state index contributed by atoms with van der Waals surface area (Å²) in [6.07, 6.45) is 7.02. The molecule has 162 valence electrons. The Morgan fingerprint density at radius 2 is 1.91 bits per heavy atom. The number of anilines is 2. The van der Waals surface area contributed by atoms with Gasteiger partial charge in [0.15, 0.2) is 5.16 Å². The Labute approximate surface area is 191 Å². The van der Waals surface area contributed by atoms with Gasteiger partial charge in [0.05, 0.1) is 5.92 Å². The van der Waals surface area contributed by atoms with Crippen LogP contribution in [0.5, 0.6) is 0 Å². The van der Waals surface area contributed by atoms with Gasteiger partial charge in [-0.25, -0.2) is 9.97 Å². The number of nitrogens with one attached hydrogen (secondary N) is 1. The molecule has 1 N–H and O–H groups in total. The van der Waals surface area contributed by atoms with Crippen LogP contribution in [-0.2, 0) is 22.4 Å². The number of aryl methyl sites for hydroxylation is 3. The van der Waals surface area contributed by atoms with Crippen LogP contribution in [0.3, 0.4) is 0 Å². The lowest BCUT2D eigenvalue weighted by Gasteiger charge is -2.18. The molecule has 1 atom stereocenters. The fourth-order valence-corrected chi connectivity index (χ4v) is 5.19. The summed E-state index contributed by atoms with van der Waals surface area (Å²) >= 11 is 1.47. The number of aromatic nitrogens is 2. The molecular formula is C25H24N4O2S. The number of rotatable bonds is 5. The molecule has 1 aromatic heterocycles. The van der Waals surface area contributed by atoms with E-state index < -0.39 is 0 Å². The number of carbonyl (C=O) groups is 2. The minimum atomic E-state index is -0.359. The minimum absolute atomic E-state index is 0.00873. The number of hydrogen-bond donors (Lipinski definition) is 1. The second-order valence-electron chi connectivity index (χ2n) is 8.31. The monoisotopic (exact) mass is 444 g/mol. The molecule has 6 nitrogen and oxygen atoms in total. The summed E-state index contributed by atoms with van der Waals surface area (Å²) in [7, 11) is 0. The van der Waals surface area contributed by atoms with Crippen LogP contribution in [0.25, 0.3) is 0 Å². The molecule has 2 aliphatic rings. The fourth-order valence-electron chi connectivity index (χ4n) is 4.38. The average Bonchev–Trinajstić information content (AvgIpc) is 3.42. The molecule has 7 heteroatoms. The Morgan fingerprint density at radius 1 is 1.09 bits per heavy atom. The van der Waals surface area contributed by atoms with E-state index in [9.17, 15) is 9.59 Å². The van der Waals surface area contributed by atoms with Gasteiger partial charge < -0.3 is 10.2 Å². The van der Waals surface area contributed by atoms with Gasteiger partial charge in [-0.15, -0.1) is 0 Å². The van der Waals surface area contributed by atoms with Gasteiger partial charge in [0.2, 0.25) is 11.8 Å². The Morgan fingerprint density at radius 3 is 2.72 bits per heavy atom. The Balaban J connectivity index is 1.25. The molecule has 0 saturated carbocycles. The molecule has 1 saturated heterocycles. The van der Waals surface area contributed by atoms with Crippen LogP contribution in [0.4, 0.5) is 11.4 Å². The van der Waals surface area contributed by atoms with Crippen LogP contribution >= 0.6 is 11.8 Å². The van der Waals surface area contributed by atoms with Crippen molar-refractivity contribution in [1.82, 2.24) is 9.97 Å². The third kappa shape index (κ3) is 4.25. The molecule has 0 radical (unpaired) electrons. The SMILES string of the molecule is Cc1cc(Sc2ncccn2)ccc1NC(=O)C1CC(=O)N(c2ccc3c(c2)CCC3)C1. The molecular weight excluding hydrogens is 420 g/mol. The lowest BCUT2D eigenvalue weighted by Crippen LogP contribution is -2.28. The van der Waals surface area contributed by atoms with Gasteiger partial charge in [0.25, 0.3) is 0 Å². The predicted molar refractivity (Wildman–Crippen MR) is 125 cm³/mol. The maximum absolute atomic E-state index is 12.9. The van der Waals surface area contributed by atoms with Crippen molar-refractivity contribution in [3.8, 4) is 0 Å². The van der Waals surface area contributed by atoms with E-state index in [-0.39, 0.29) is 24.2 Å². The van der Waals surface area contributed by atoms with Crippen molar-refractivity contribution in [2.75, 3.05) is 16.8 Å². The number of hydrogen-bond acceptors (Lipinski definition) is 5. The molecule has 32 heavy (non-hydrogen) atoms. The Bertz CT molecular complexity index is 1180. The third-order valence-corrected chi connectivity index (χ3v) is 6.98. The van der Waals surface area contributed by atoms with E-state index in [4.69, 9.17) is 0 Å². The molecule has 0 bridgehead atoms. The van der Waals surface area contributed by atoms with Crippen LogP contribution in [0, 0.1) is 12.8 Å². The van der Waals surface area contributed by atoms with E-state index in [1.54, 1.807) is 23.4 Å². The van der Waals surface area contributed by atoms with E-state index in [0.29, 0.717) is 11.7 Å². The van der Waals surface area contributed by atoms with Crippen molar-refractivity contribution in [3.05, 3.63) is 71.5 Å². The highest BCUT2D eigenvalue weighted by Gasteiger charge is 2.35. The fraction of sp³-hybridized carbons (Fsp3) is 0.280. The molecule has 2 heterocycles. The third-order valence-electron chi connectivity index (χ3n) is 6.10. The first-order valence-corrected chi connectivity index (χ1v) is 11.7. The van der Waals surface area contributed by atoms with Gasteiger partial charge in [-0.2, -0.15) is 0 Å². The van der Waals surface area contributed by atoms with Crippen molar-refractivity contribution in [2.45, 2.75) is 42.7 Å². The van der Waals surface area contributed by atoms with E-state index in [0.717, 1.165) is 34.7 Å². The highest BCUT2D eigenvalue weighted by Crippen LogP contribution is 2.32. The quantitative estimate of drug-likeness (QED) is 0.590. The summed E-state index contributed by atoms with van der Waals surface area (Å²) in [5.74, 6) is -0.465. The molecule has 2 amide bonds. The maximum atomic E-state index is 12.9. The molecule has 0 spiro atoms. The van der Waals surface area contributed by atoms with Crippen LogP contribution in [-0.4, -0.2) is 28.3 Å². The molecule has 5 rings (SSSR count). The lowest BCUT2D eigenvalue weighted by atomic mass is 10.1. The normalized spacial score (nSPS) is 17.5. The average molecular weight is 445 g/mol. The predicted octanol–water partition coefficient (Wildman–Crippen LogP) is 4.42. The van der Waals surface area contributed by atoms with Crippen LogP contribution in [0.15, 0.2) is 64.9 Å². The zero-order valence-corrected chi connectivity index (χ0v) is 18.7. The van der Waals surface area contributed by atoms with Crippen molar-refractivity contribution in [1.29, 1.82) is 0 Å². The van der Waals surface area contributed by atoms with Crippen LogP contribution in [0.1, 0.15) is 29.5 Å². The van der Waals surface area contributed by atoms with Crippen molar-refractivity contribution >= 4 is 35.0 Å². The maximum Gasteiger partial charge on any atom is 0.229 e. The highest BCUT2D eigenvalue weighted by atomic mass is 32.2. The van der Waals surface area contributed by atoms with Crippen molar-refractivity contribution < 1.29 is 9.59 Å².